The summed E-state index contributed by atoms with van der Waals surface area (Å²) in [5.41, 5.74) is 2.27. The molecule has 1 heterocycles. The molecular weight excluding hydrogens is 280 g/mol. The van der Waals surface area contributed by atoms with Crippen molar-refractivity contribution in [1.82, 2.24) is 0 Å². The predicted molar refractivity (Wildman–Crippen MR) is 85.5 cm³/mol. The normalized spacial score (nSPS) is 18.4. The summed E-state index contributed by atoms with van der Waals surface area (Å²) in [4.78, 5) is 11.3. The number of carbonyl (C=O) groups is 1. The molecule has 1 fully saturated rings. The number of epoxide rings is 1. The van der Waals surface area contributed by atoms with Gasteiger partial charge < -0.3 is 14.2 Å². The zero-order valence-corrected chi connectivity index (χ0v) is 13.3. The van der Waals surface area contributed by atoms with Crippen molar-refractivity contribution in [3.8, 4) is 0 Å². The molecule has 1 aromatic rings. The molecule has 0 N–H and O–H groups in total. The highest BCUT2D eigenvalue weighted by Crippen LogP contribution is 2.24. The van der Waals surface area contributed by atoms with Gasteiger partial charge in [-0.2, -0.15) is 0 Å². The molecule has 0 aliphatic carbocycles. The van der Waals surface area contributed by atoms with Crippen LogP contribution >= 0.6 is 0 Å². The Bertz CT molecular complexity index is 506. The van der Waals surface area contributed by atoms with Gasteiger partial charge in [-0.1, -0.05) is 36.4 Å². The Hall–Kier alpha value is -1.65. The van der Waals surface area contributed by atoms with Crippen molar-refractivity contribution in [2.24, 2.45) is 0 Å². The lowest BCUT2D eigenvalue weighted by atomic mass is 10.0. The third kappa shape index (κ3) is 5.62. The first-order valence-corrected chi connectivity index (χ1v) is 7.85. The Balaban J connectivity index is 1.87. The second-order valence-corrected chi connectivity index (χ2v) is 5.31. The van der Waals surface area contributed by atoms with Gasteiger partial charge in [-0.25, -0.2) is 0 Å². The van der Waals surface area contributed by atoms with E-state index in [-0.39, 0.29) is 18.2 Å². The first-order chi connectivity index (χ1) is 10.7. The number of esters is 1. The van der Waals surface area contributed by atoms with E-state index in [2.05, 4.69) is 12.1 Å². The second-order valence-electron chi connectivity index (χ2n) is 5.31. The fourth-order valence-electron chi connectivity index (χ4n) is 2.18. The molecule has 0 saturated carbocycles. The van der Waals surface area contributed by atoms with Gasteiger partial charge in [0, 0.05) is 6.42 Å². The molecular formula is C18H24O4. The molecule has 2 rings (SSSR count). The van der Waals surface area contributed by atoms with Gasteiger partial charge in [0.25, 0.3) is 0 Å². The summed E-state index contributed by atoms with van der Waals surface area (Å²) in [5.74, 6) is -0.151. The van der Waals surface area contributed by atoms with Crippen LogP contribution in [-0.2, 0) is 19.0 Å². The van der Waals surface area contributed by atoms with E-state index in [1.54, 1.807) is 0 Å². The maximum absolute atomic E-state index is 11.3. The van der Waals surface area contributed by atoms with Gasteiger partial charge in [-0.3, -0.25) is 4.79 Å². The zero-order chi connectivity index (χ0) is 15.8. The number of carbonyl (C=O) groups excluding carboxylic acids is 1. The van der Waals surface area contributed by atoms with Crippen molar-refractivity contribution in [3.63, 3.8) is 0 Å². The maximum Gasteiger partial charge on any atom is 0.306 e. The van der Waals surface area contributed by atoms with Crippen molar-refractivity contribution in [1.29, 1.82) is 0 Å². The minimum atomic E-state index is -0.151. The average molecular weight is 304 g/mol. The second kappa shape index (κ2) is 8.71. The molecule has 1 aliphatic heterocycles. The summed E-state index contributed by atoms with van der Waals surface area (Å²) in [7, 11) is 0. The third-order valence-electron chi connectivity index (χ3n) is 3.49. The standard InChI is InChI=1S/C18H24O4/c1-3-20-18(19)11-7-5-9-15-8-4-6-10-17(15)14(2)21-12-16-13-22-16/h4-6,8-10,14,16H,3,7,11-13H2,1-2H3/b9-5+/t14-,16+/m1/s1. The SMILES string of the molecule is CCOC(=O)CC/C=C/c1ccccc1[C@@H](C)OC[C@H]1CO1. The molecule has 0 amide bonds. The molecule has 2 atom stereocenters. The molecule has 4 heteroatoms. The van der Waals surface area contributed by atoms with E-state index in [9.17, 15) is 4.79 Å². The van der Waals surface area contributed by atoms with Gasteiger partial charge in [0.05, 0.1) is 25.9 Å². The van der Waals surface area contributed by atoms with Crippen molar-refractivity contribution in [2.75, 3.05) is 19.8 Å². The predicted octanol–water partition coefficient (Wildman–Crippen LogP) is 3.52. The van der Waals surface area contributed by atoms with Crippen LogP contribution in [0.4, 0.5) is 0 Å². The molecule has 120 valence electrons. The fraction of sp³-hybridized carbons (Fsp3) is 0.500. The van der Waals surface area contributed by atoms with Gasteiger partial charge in [0.15, 0.2) is 0 Å². The smallest absolute Gasteiger partial charge is 0.306 e. The van der Waals surface area contributed by atoms with Crippen LogP contribution in [0.25, 0.3) is 6.08 Å². The monoisotopic (exact) mass is 304 g/mol. The van der Waals surface area contributed by atoms with Crippen molar-refractivity contribution in [3.05, 3.63) is 41.5 Å². The number of hydrogen-bond donors (Lipinski definition) is 0. The van der Waals surface area contributed by atoms with E-state index in [0.29, 0.717) is 26.1 Å². The molecule has 0 bridgehead atoms. The van der Waals surface area contributed by atoms with Crippen LogP contribution in [0.15, 0.2) is 30.3 Å². The first kappa shape index (κ1) is 16.7. The summed E-state index contributed by atoms with van der Waals surface area (Å²) in [6, 6.07) is 8.15. The first-order valence-electron chi connectivity index (χ1n) is 7.85. The topological polar surface area (TPSA) is 48.1 Å². The highest BCUT2D eigenvalue weighted by atomic mass is 16.6. The highest BCUT2D eigenvalue weighted by molar-refractivity contribution is 5.69. The minimum absolute atomic E-state index is 0.0232. The molecule has 1 saturated heterocycles. The number of rotatable bonds is 9. The molecule has 1 aromatic carbocycles. The summed E-state index contributed by atoms with van der Waals surface area (Å²) in [6.07, 6.45) is 5.44. The van der Waals surface area contributed by atoms with Crippen molar-refractivity contribution < 1.29 is 19.0 Å². The fourth-order valence-corrected chi connectivity index (χ4v) is 2.18. The number of ether oxygens (including phenoxy) is 3. The lowest BCUT2D eigenvalue weighted by Gasteiger charge is -2.15. The number of benzene rings is 1. The Labute approximate surface area is 132 Å². The molecule has 4 nitrogen and oxygen atoms in total. The van der Waals surface area contributed by atoms with E-state index < -0.39 is 0 Å². The Kier molecular flexibility index (Phi) is 6.62. The molecule has 0 aromatic heterocycles. The van der Waals surface area contributed by atoms with Gasteiger partial charge in [-0.15, -0.1) is 0 Å². The summed E-state index contributed by atoms with van der Waals surface area (Å²) in [6.45, 7) is 5.75. The largest absolute Gasteiger partial charge is 0.466 e. The molecule has 0 spiro atoms. The van der Waals surface area contributed by atoms with E-state index in [1.807, 2.05) is 38.1 Å². The minimum Gasteiger partial charge on any atom is -0.466 e. The maximum atomic E-state index is 11.3. The lowest BCUT2D eigenvalue weighted by molar-refractivity contribution is -0.142. The Morgan fingerprint density at radius 1 is 1.45 bits per heavy atom. The van der Waals surface area contributed by atoms with Gasteiger partial charge in [0.1, 0.15) is 6.10 Å². The van der Waals surface area contributed by atoms with Crippen LogP contribution in [0.3, 0.4) is 0 Å². The molecule has 22 heavy (non-hydrogen) atoms. The van der Waals surface area contributed by atoms with Crippen LogP contribution < -0.4 is 0 Å². The van der Waals surface area contributed by atoms with E-state index in [4.69, 9.17) is 14.2 Å². The summed E-state index contributed by atoms with van der Waals surface area (Å²) < 4.78 is 15.9. The number of hydrogen-bond acceptors (Lipinski definition) is 4. The van der Waals surface area contributed by atoms with Crippen LogP contribution in [0, 0.1) is 0 Å². The number of allylic oxidation sites excluding steroid dienone is 1. The van der Waals surface area contributed by atoms with Crippen LogP contribution in [-0.4, -0.2) is 31.9 Å². The Morgan fingerprint density at radius 3 is 2.95 bits per heavy atom. The molecule has 1 aliphatic rings. The highest BCUT2D eigenvalue weighted by Gasteiger charge is 2.23. The lowest BCUT2D eigenvalue weighted by Crippen LogP contribution is -2.07. The Morgan fingerprint density at radius 2 is 2.23 bits per heavy atom. The van der Waals surface area contributed by atoms with Crippen molar-refractivity contribution >= 4 is 12.0 Å². The van der Waals surface area contributed by atoms with E-state index in [0.717, 1.165) is 17.7 Å². The zero-order valence-electron chi connectivity index (χ0n) is 13.3. The van der Waals surface area contributed by atoms with Gasteiger partial charge in [-0.05, 0) is 31.4 Å². The van der Waals surface area contributed by atoms with E-state index >= 15 is 0 Å². The quantitative estimate of drug-likeness (QED) is 0.517. The van der Waals surface area contributed by atoms with Crippen LogP contribution in [0.2, 0.25) is 0 Å². The van der Waals surface area contributed by atoms with Crippen LogP contribution in [0.1, 0.15) is 43.9 Å². The molecule has 0 unspecified atom stereocenters. The van der Waals surface area contributed by atoms with E-state index in [1.165, 1.54) is 0 Å². The third-order valence-corrected chi connectivity index (χ3v) is 3.49. The van der Waals surface area contributed by atoms with Gasteiger partial charge in [0.2, 0.25) is 0 Å². The summed E-state index contributed by atoms with van der Waals surface area (Å²) >= 11 is 0. The average Bonchev–Trinajstić information content (AvgIpc) is 3.34. The van der Waals surface area contributed by atoms with Gasteiger partial charge >= 0.3 is 5.97 Å². The van der Waals surface area contributed by atoms with Crippen LogP contribution in [0.5, 0.6) is 0 Å². The molecule has 0 radical (unpaired) electrons. The van der Waals surface area contributed by atoms with Crippen molar-refractivity contribution in [2.45, 2.75) is 38.9 Å². The summed E-state index contributed by atoms with van der Waals surface area (Å²) in [5, 5.41) is 0.